The molecular weight excluding hydrogens is 334 g/mol. The summed E-state index contributed by atoms with van der Waals surface area (Å²) in [5.74, 6) is -0.101. The van der Waals surface area contributed by atoms with E-state index < -0.39 is 0 Å². The maximum Gasteiger partial charge on any atom is 0.243 e. The molecule has 0 radical (unpaired) electrons. The van der Waals surface area contributed by atoms with E-state index in [-0.39, 0.29) is 12.5 Å². The average Bonchev–Trinajstić information content (AvgIpc) is 2.68. The topological polar surface area (TPSA) is 49.3 Å². The lowest BCUT2D eigenvalue weighted by Gasteiger charge is -2.03. The van der Waals surface area contributed by atoms with E-state index in [2.05, 4.69) is 12.2 Å². The van der Waals surface area contributed by atoms with Crippen molar-refractivity contribution in [2.45, 2.75) is 122 Å². The fourth-order valence-corrected chi connectivity index (χ4v) is 3.42. The average molecular weight is 382 g/mol. The van der Waals surface area contributed by atoms with Crippen molar-refractivity contribution in [2.75, 3.05) is 13.2 Å². The molecule has 0 aromatic carbocycles. The van der Waals surface area contributed by atoms with Gasteiger partial charge in [-0.15, -0.1) is 0 Å². The van der Waals surface area contributed by atoms with Crippen LogP contribution in [-0.4, -0.2) is 24.2 Å². The second-order valence-electron chi connectivity index (χ2n) is 7.86. The zero-order valence-corrected chi connectivity index (χ0v) is 18.2. The number of hydrogen-bond acceptors (Lipinski definition) is 2. The van der Waals surface area contributed by atoms with Gasteiger partial charge in [-0.1, -0.05) is 116 Å². The van der Waals surface area contributed by atoms with Gasteiger partial charge in [-0.3, -0.25) is 4.79 Å². The third-order valence-corrected chi connectivity index (χ3v) is 5.15. The fraction of sp³-hybridized carbons (Fsp3) is 0.875. The van der Waals surface area contributed by atoms with Gasteiger partial charge in [-0.25, -0.2) is 0 Å². The molecule has 0 aromatic rings. The van der Waals surface area contributed by atoms with Gasteiger partial charge in [0.25, 0.3) is 0 Å². The van der Waals surface area contributed by atoms with Gasteiger partial charge in [0, 0.05) is 6.54 Å². The highest BCUT2D eigenvalue weighted by atomic mass is 16.3. The van der Waals surface area contributed by atoms with E-state index in [4.69, 9.17) is 5.11 Å². The molecule has 3 heteroatoms. The standard InChI is InChI=1S/C24H47NO2/c1-2-3-4-5-6-7-8-9-10-11-12-13-14-15-16-17-18-19-20-21-24(27)25-22-23-26/h20-21,26H,2-19,22-23H2,1H3,(H,25,27)/b21-20+. The van der Waals surface area contributed by atoms with Crippen molar-refractivity contribution < 1.29 is 9.90 Å². The molecule has 0 aromatic heterocycles. The summed E-state index contributed by atoms with van der Waals surface area (Å²) in [7, 11) is 0. The molecule has 0 aliphatic rings. The summed E-state index contributed by atoms with van der Waals surface area (Å²) < 4.78 is 0. The molecule has 2 N–H and O–H groups in total. The number of carbonyl (C=O) groups is 1. The first-order valence-corrected chi connectivity index (χ1v) is 11.9. The van der Waals surface area contributed by atoms with E-state index in [1.807, 2.05) is 6.08 Å². The largest absolute Gasteiger partial charge is 0.395 e. The summed E-state index contributed by atoms with van der Waals surface area (Å²) in [5.41, 5.74) is 0. The monoisotopic (exact) mass is 381 g/mol. The van der Waals surface area contributed by atoms with Crippen LogP contribution in [0.5, 0.6) is 0 Å². The summed E-state index contributed by atoms with van der Waals surface area (Å²) in [6.45, 7) is 2.62. The van der Waals surface area contributed by atoms with E-state index in [0.717, 1.165) is 6.42 Å². The number of allylic oxidation sites excluding steroid dienone is 1. The Bertz CT molecular complexity index is 328. The molecule has 0 aliphatic carbocycles. The third kappa shape index (κ3) is 23.1. The van der Waals surface area contributed by atoms with Gasteiger partial charge < -0.3 is 10.4 Å². The number of unbranched alkanes of at least 4 members (excludes halogenated alkanes) is 17. The van der Waals surface area contributed by atoms with Crippen LogP contribution < -0.4 is 5.32 Å². The molecule has 0 bridgehead atoms. The molecule has 1 amide bonds. The molecule has 0 fully saturated rings. The van der Waals surface area contributed by atoms with Gasteiger partial charge in [0.05, 0.1) is 6.61 Å². The van der Waals surface area contributed by atoms with Crippen LogP contribution in [0.25, 0.3) is 0 Å². The Morgan fingerprint density at radius 1 is 0.704 bits per heavy atom. The lowest BCUT2D eigenvalue weighted by atomic mass is 10.0. The maximum absolute atomic E-state index is 11.3. The number of hydrogen-bond donors (Lipinski definition) is 2. The van der Waals surface area contributed by atoms with Crippen molar-refractivity contribution in [1.29, 1.82) is 0 Å². The molecule has 0 heterocycles. The lowest BCUT2D eigenvalue weighted by Crippen LogP contribution is -2.24. The van der Waals surface area contributed by atoms with Crippen molar-refractivity contribution in [3.63, 3.8) is 0 Å². The summed E-state index contributed by atoms with van der Waals surface area (Å²) in [5, 5.41) is 11.2. The molecule has 0 saturated heterocycles. The first-order valence-electron chi connectivity index (χ1n) is 11.9. The Balaban J connectivity index is 3.11. The highest BCUT2D eigenvalue weighted by Gasteiger charge is 1.95. The van der Waals surface area contributed by atoms with Crippen LogP contribution in [0.15, 0.2) is 12.2 Å². The molecule has 0 aliphatic heterocycles. The molecule has 0 unspecified atom stereocenters. The summed E-state index contributed by atoms with van der Waals surface area (Å²) in [6, 6.07) is 0. The number of aliphatic hydroxyl groups is 1. The Hall–Kier alpha value is -0.830. The molecule has 0 spiro atoms. The molecule has 160 valence electrons. The SMILES string of the molecule is CCCCCCCCCCCCCCCCCCC/C=C/C(=O)NCCO. The first-order chi connectivity index (χ1) is 13.3. The van der Waals surface area contributed by atoms with Crippen molar-refractivity contribution in [1.82, 2.24) is 5.32 Å². The Kier molecular flexibility index (Phi) is 22.5. The van der Waals surface area contributed by atoms with Gasteiger partial charge in [0.2, 0.25) is 5.91 Å². The second-order valence-corrected chi connectivity index (χ2v) is 7.86. The quantitative estimate of drug-likeness (QED) is 0.172. The zero-order chi connectivity index (χ0) is 19.8. The highest BCUT2D eigenvalue weighted by molar-refractivity contribution is 5.87. The van der Waals surface area contributed by atoms with E-state index in [1.54, 1.807) is 6.08 Å². The lowest BCUT2D eigenvalue weighted by molar-refractivity contribution is -0.116. The Labute approximate surface area is 169 Å². The molecular formula is C24H47NO2. The summed E-state index contributed by atoms with van der Waals surface area (Å²) in [6.07, 6.45) is 28.1. The summed E-state index contributed by atoms with van der Waals surface area (Å²) in [4.78, 5) is 11.3. The first kappa shape index (κ1) is 26.2. The van der Waals surface area contributed by atoms with Crippen LogP contribution in [0.4, 0.5) is 0 Å². The minimum absolute atomic E-state index is 0.00122. The molecule has 27 heavy (non-hydrogen) atoms. The van der Waals surface area contributed by atoms with Crippen LogP contribution in [0.3, 0.4) is 0 Å². The molecule has 0 atom stereocenters. The van der Waals surface area contributed by atoms with Gasteiger partial charge in [0.1, 0.15) is 0 Å². The third-order valence-electron chi connectivity index (χ3n) is 5.15. The Morgan fingerprint density at radius 2 is 1.11 bits per heavy atom. The van der Waals surface area contributed by atoms with Crippen LogP contribution >= 0.6 is 0 Å². The zero-order valence-electron chi connectivity index (χ0n) is 18.2. The molecule has 0 rings (SSSR count). The number of rotatable bonds is 21. The number of aliphatic hydroxyl groups excluding tert-OH is 1. The minimum Gasteiger partial charge on any atom is -0.395 e. The fourth-order valence-electron chi connectivity index (χ4n) is 3.42. The second kappa shape index (κ2) is 23.2. The molecule has 0 saturated carbocycles. The van der Waals surface area contributed by atoms with Crippen LogP contribution in [0.2, 0.25) is 0 Å². The molecule has 3 nitrogen and oxygen atoms in total. The minimum atomic E-state index is -0.101. The van der Waals surface area contributed by atoms with Crippen molar-refractivity contribution >= 4 is 5.91 Å². The highest BCUT2D eigenvalue weighted by Crippen LogP contribution is 2.14. The predicted octanol–water partition coefficient (Wildman–Crippen LogP) is 6.69. The van der Waals surface area contributed by atoms with Crippen molar-refractivity contribution in [3.8, 4) is 0 Å². The van der Waals surface area contributed by atoms with E-state index >= 15 is 0 Å². The van der Waals surface area contributed by atoms with E-state index in [9.17, 15) is 4.79 Å². The van der Waals surface area contributed by atoms with E-state index in [0.29, 0.717) is 6.54 Å². The van der Waals surface area contributed by atoms with Crippen molar-refractivity contribution in [2.24, 2.45) is 0 Å². The Morgan fingerprint density at radius 3 is 1.52 bits per heavy atom. The van der Waals surface area contributed by atoms with Crippen LogP contribution in [0, 0.1) is 0 Å². The van der Waals surface area contributed by atoms with Gasteiger partial charge in [-0.05, 0) is 18.9 Å². The maximum atomic E-state index is 11.3. The normalized spacial score (nSPS) is 11.3. The number of carbonyl (C=O) groups excluding carboxylic acids is 1. The van der Waals surface area contributed by atoms with Crippen LogP contribution in [0.1, 0.15) is 122 Å². The van der Waals surface area contributed by atoms with Gasteiger partial charge >= 0.3 is 0 Å². The van der Waals surface area contributed by atoms with Crippen molar-refractivity contribution in [3.05, 3.63) is 12.2 Å². The van der Waals surface area contributed by atoms with Gasteiger partial charge in [0.15, 0.2) is 0 Å². The summed E-state index contributed by atoms with van der Waals surface area (Å²) >= 11 is 0. The number of nitrogens with one attached hydrogen (secondary N) is 1. The van der Waals surface area contributed by atoms with Gasteiger partial charge in [-0.2, -0.15) is 0 Å². The predicted molar refractivity (Wildman–Crippen MR) is 118 cm³/mol. The van der Waals surface area contributed by atoms with Crippen LogP contribution in [-0.2, 0) is 4.79 Å². The van der Waals surface area contributed by atoms with E-state index in [1.165, 1.54) is 109 Å². The smallest absolute Gasteiger partial charge is 0.243 e. The number of amides is 1.